The van der Waals surface area contributed by atoms with Gasteiger partial charge in [0.05, 0.1) is 0 Å². The van der Waals surface area contributed by atoms with Gasteiger partial charge in [-0.05, 0) is 31.1 Å². The third-order valence-corrected chi connectivity index (χ3v) is 5.72. The van der Waals surface area contributed by atoms with Crippen LogP contribution in [0.25, 0.3) is 0 Å². The Kier molecular flexibility index (Phi) is 4.59. The molecule has 0 radical (unpaired) electrons. The van der Waals surface area contributed by atoms with Crippen LogP contribution in [-0.2, 0) is 4.74 Å². The van der Waals surface area contributed by atoms with Crippen LogP contribution in [0.5, 0.6) is 0 Å². The highest BCUT2D eigenvalue weighted by atomic mass is 32.2. The summed E-state index contributed by atoms with van der Waals surface area (Å²) in [7, 11) is 0. The second-order valence-corrected chi connectivity index (χ2v) is 6.91. The second-order valence-electron chi connectivity index (χ2n) is 5.95. The third kappa shape index (κ3) is 3.21. The molecule has 104 valence electrons. The number of nitrogens with one attached hydrogen (secondary N) is 1. The van der Waals surface area contributed by atoms with Gasteiger partial charge in [0.2, 0.25) is 0 Å². The molecule has 2 fully saturated rings. The van der Waals surface area contributed by atoms with E-state index in [1.54, 1.807) is 0 Å². The average Bonchev–Trinajstić information content (AvgIpc) is 2.82. The standard InChI is InChI=1S/C14H26N2OS/c1-4-14(5-2)11-18-12(16-14)15-10-13(3)6-8-17-9-7-13/h4-11H2,1-3H3,(H,15,16). The minimum Gasteiger partial charge on any atom is -0.381 e. The van der Waals surface area contributed by atoms with Crippen LogP contribution in [0, 0.1) is 5.41 Å². The molecule has 2 heterocycles. The van der Waals surface area contributed by atoms with Gasteiger partial charge in [0, 0.05) is 31.1 Å². The predicted octanol–water partition coefficient (Wildman–Crippen LogP) is 3.05. The molecule has 2 aliphatic heterocycles. The van der Waals surface area contributed by atoms with E-state index in [4.69, 9.17) is 9.73 Å². The van der Waals surface area contributed by atoms with Crippen LogP contribution >= 0.6 is 11.8 Å². The molecule has 3 nitrogen and oxygen atoms in total. The fourth-order valence-electron chi connectivity index (χ4n) is 2.51. The summed E-state index contributed by atoms with van der Waals surface area (Å²) in [5.74, 6) is 1.17. The first-order valence-electron chi connectivity index (χ1n) is 7.15. The quantitative estimate of drug-likeness (QED) is 0.852. The molecule has 2 aliphatic rings. The lowest BCUT2D eigenvalue weighted by molar-refractivity contribution is 0.0283. The Balaban J connectivity index is 1.91. The van der Waals surface area contributed by atoms with E-state index in [1.807, 2.05) is 11.8 Å². The normalized spacial score (nSPS) is 28.3. The summed E-state index contributed by atoms with van der Waals surface area (Å²) in [6.45, 7) is 9.60. The van der Waals surface area contributed by atoms with Crippen LogP contribution in [0.4, 0.5) is 0 Å². The van der Waals surface area contributed by atoms with Crippen LogP contribution < -0.4 is 5.32 Å². The van der Waals surface area contributed by atoms with Crippen molar-refractivity contribution in [3.8, 4) is 0 Å². The van der Waals surface area contributed by atoms with Gasteiger partial charge in [-0.15, -0.1) is 0 Å². The number of amidine groups is 1. The molecule has 0 unspecified atom stereocenters. The molecular weight excluding hydrogens is 244 g/mol. The van der Waals surface area contributed by atoms with Crippen LogP contribution in [0.15, 0.2) is 4.99 Å². The molecular formula is C14H26N2OS. The van der Waals surface area contributed by atoms with Gasteiger partial charge in [0.25, 0.3) is 0 Å². The van der Waals surface area contributed by atoms with Crippen molar-refractivity contribution in [3.05, 3.63) is 0 Å². The van der Waals surface area contributed by atoms with Crippen molar-refractivity contribution in [2.75, 3.05) is 25.5 Å². The van der Waals surface area contributed by atoms with E-state index in [2.05, 4.69) is 26.1 Å². The zero-order chi connectivity index (χ0) is 13.1. The van der Waals surface area contributed by atoms with Crippen molar-refractivity contribution >= 4 is 16.9 Å². The number of hydrogen-bond acceptors (Lipinski definition) is 3. The Morgan fingerprint density at radius 3 is 2.50 bits per heavy atom. The van der Waals surface area contributed by atoms with Crippen LogP contribution in [0.3, 0.4) is 0 Å². The van der Waals surface area contributed by atoms with Crippen molar-refractivity contribution in [3.63, 3.8) is 0 Å². The zero-order valence-corrected chi connectivity index (χ0v) is 12.7. The number of hydrogen-bond donors (Lipinski definition) is 1. The summed E-state index contributed by atoms with van der Waals surface area (Å²) in [6, 6.07) is 0. The van der Waals surface area contributed by atoms with Crippen molar-refractivity contribution < 1.29 is 4.74 Å². The van der Waals surface area contributed by atoms with E-state index in [1.165, 1.54) is 18.6 Å². The Morgan fingerprint density at radius 2 is 1.94 bits per heavy atom. The Bertz CT molecular complexity index is 307. The predicted molar refractivity (Wildman–Crippen MR) is 79.4 cm³/mol. The molecule has 0 aromatic carbocycles. The average molecular weight is 270 g/mol. The fraction of sp³-hybridized carbons (Fsp3) is 0.929. The largest absolute Gasteiger partial charge is 0.381 e. The summed E-state index contributed by atoms with van der Waals surface area (Å²) in [4.78, 5) is 4.82. The summed E-state index contributed by atoms with van der Waals surface area (Å²) in [5, 5.41) is 4.80. The minimum absolute atomic E-state index is 0.292. The molecule has 2 saturated heterocycles. The summed E-state index contributed by atoms with van der Waals surface area (Å²) < 4.78 is 5.44. The van der Waals surface area contributed by atoms with Crippen molar-refractivity contribution in [2.24, 2.45) is 10.4 Å². The molecule has 0 aromatic rings. The van der Waals surface area contributed by atoms with E-state index in [0.717, 1.165) is 37.8 Å². The zero-order valence-electron chi connectivity index (χ0n) is 11.9. The second kappa shape index (κ2) is 5.83. The lowest BCUT2D eigenvalue weighted by Gasteiger charge is -2.32. The number of thioether (sulfide) groups is 1. The first-order valence-corrected chi connectivity index (χ1v) is 8.13. The Labute approximate surface area is 115 Å². The summed E-state index contributed by atoms with van der Waals surface area (Å²) in [5.41, 5.74) is 0.636. The fourth-order valence-corrected chi connectivity index (χ4v) is 3.84. The Hall–Kier alpha value is -0.220. The Morgan fingerprint density at radius 1 is 1.28 bits per heavy atom. The molecule has 1 N–H and O–H groups in total. The number of rotatable bonds is 4. The molecule has 0 atom stereocenters. The minimum atomic E-state index is 0.292. The van der Waals surface area contributed by atoms with Crippen LogP contribution in [0.1, 0.15) is 46.5 Å². The highest BCUT2D eigenvalue weighted by Crippen LogP contribution is 2.32. The molecule has 2 rings (SSSR count). The molecule has 0 amide bonds. The SMILES string of the molecule is CCC1(CC)CSC(=NCC2(C)CCOCC2)N1. The lowest BCUT2D eigenvalue weighted by Crippen LogP contribution is -2.42. The molecule has 18 heavy (non-hydrogen) atoms. The van der Waals surface area contributed by atoms with Gasteiger partial charge in [-0.1, -0.05) is 32.5 Å². The molecule has 0 saturated carbocycles. The smallest absolute Gasteiger partial charge is 0.157 e. The van der Waals surface area contributed by atoms with Crippen LogP contribution in [0.2, 0.25) is 0 Å². The maximum atomic E-state index is 5.44. The molecule has 0 spiro atoms. The van der Waals surface area contributed by atoms with Gasteiger partial charge in [-0.2, -0.15) is 0 Å². The van der Waals surface area contributed by atoms with Gasteiger partial charge < -0.3 is 10.1 Å². The topological polar surface area (TPSA) is 33.6 Å². The van der Waals surface area contributed by atoms with Crippen molar-refractivity contribution in [1.82, 2.24) is 5.32 Å². The summed E-state index contributed by atoms with van der Waals surface area (Å²) in [6.07, 6.45) is 4.64. The van der Waals surface area contributed by atoms with E-state index < -0.39 is 0 Å². The lowest BCUT2D eigenvalue weighted by atomic mass is 9.83. The summed E-state index contributed by atoms with van der Waals surface area (Å²) >= 11 is 1.89. The van der Waals surface area contributed by atoms with Gasteiger partial charge in [0.15, 0.2) is 5.17 Å². The maximum Gasteiger partial charge on any atom is 0.157 e. The van der Waals surface area contributed by atoms with E-state index in [9.17, 15) is 0 Å². The molecule has 0 aromatic heterocycles. The van der Waals surface area contributed by atoms with Gasteiger partial charge in [-0.25, -0.2) is 0 Å². The van der Waals surface area contributed by atoms with E-state index in [-0.39, 0.29) is 0 Å². The highest BCUT2D eigenvalue weighted by molar-refractivity contribution is 8.14. The van der Waals surface area contributed by atoms with E-state index in [0.29, 0.717) is 11.0 Å². The number of aliphatic imine (C=N–C) groups is 1. The monoisotopic (exact) mass is 270 g/mol. The maximum absolute atomic E-state index is 5.44. The van der Waals surface area contributed by atoms with Gasteiger partial charge in [0.1, 0.15) is 0 Å². The van der Waals surface area contributed by atoms with E-state index >= 15 is 0 Å². The van der Waals surface area contributed by atoms with Gasteiger partial charge >= 0.3 is 0 Å². The highest BCUT2D eigenvalue weighted by Gasteiger charge is 2.34. The van der Waals surface area contributed by atoms with Crippen LogP contribution in [-0.4, -0.2) is 36.2 Å². The molecule has 0 bridgehead atoms. The van der Waals surface area contributed by atoms with Crippen molar-refractivity contribution in [1.29, 1.82) is 0 Å². The van der Waals surface area contributed by atoms with Gasteiger partial charge in [-0.3, -0.25) is 4.99 Å². The third-order valence-electron chi connectivity index (χ3n) is 4.52. The number of nitrogens with zero attached hydrogens (tertiary/aromatic N) is 1. The molecule has 4 heteroatoms. The van der Waals surface area contributed by atoms with Crippen molar-refractivity contribution in [2.45, 2.75) is 52.0 Å². The molecule has 0 aliphatic carbocycles. The first kappa shape index (κ1) is 14.2. The number of ether oxygens (including phenoxy) is 1. The first-order chi connectivity index (χ1) is 8.61.